The Hall–Kier alpha value is -1.11. The van der Waals surface area contributed by atoms with Gasteiger partial charge in [-0.05, 0) is 22.8 Å². The lowest BCUT2D eigenvalue weighted by molar-refractivity contribution is -0.141. The summed E-state index contributed by atoms with van der Waals surface area (Å²) in [4.78, 5) is 11.1. The van der Waals surface area contributed by atoms with Crippen LogP contribution < -0.4 is 0 Å². The van der Waals surface area contributed by atoms with Gasteiger partial charge < -0.3 is 4.74 Å². The summed E-state index contributed by atoms with van der Waals surface area (Å²) < 4.78 is 6.04. The topological polar surface area (TPSA) is 69.9 Å². The zero-order valence-electron chi connectivity index (χ0n) is 10.4. The second-order valence-electron chi connectivity index (χ2n) is 4.08. The Morgan fingerprint density at radius 3 is 2.94 bits per heavy atom. The average molecular weight is 258 g/mol. The lowest BCUT2D eigenvalue weighted by Gasteiger charge is -2.04. The molecule has 0 saturated heterocycles. The van der Waals surface area contributed by atoms with Gasteiger partial charge in [-0.3, -0.25) is 4.79 Å². The molecule has 0 spiro atoms. The molecule has 0 aliphatic carbocycles. The highest BCUT2D eigenvalue weighted by Crippen LogP contribution is 2.17. The lowest BCUT2D eigenvalue weighted by Crippen LogP contribution is -2.13. The first-order valence-corrected chi connectivity index (χ1v) is 6.57. The molecule has 1 aromatic rings. The van der Waals surface area contributed by atoms with E-state index in [0.29, 0.717) is 11.1 Å². The zero-order valence-corrected chi connectivity index (χ0v) is 11.2. The second-order valence-corrected chi connectivity index (χ2v) is 5.14. The van der Waals surface area contributed by atoms with Crippen LogP contribution in [0.3, 0.4) is 0 Å². The molecule has 0 amide bonds. The van der Waals surface area contributed by atoms with Gasteiger partial charge in [0.05, 0.1) is 7.11 Å². The molecule has 0 N–H and O–H groups in total. The second kappa shape index (κ2) is 7.26. The number of ether oxygens (including phenoxy) is 1. The van der Waals surface area contributed by atoms with Crippen molar-refractivity contribution in [1.29, 1.82) is 0 Å². The van der Waals surface area contributed by atoms with Crippen LogP contribution in [0.4, 0.5) is 0 Å². The van der Waals surface area contributed by atoms with Crippen LogP contribution >= 0.6 is 11.8 Å². The average Bonchev–Trinajstić information content (AvgIpc) is 2.71. The zero-order chi connectivity index (χ0) is 12.7. The molecular weight excluding hydrogens is 240 g/mol. The number of hydrogen-bond donors (Lipinski definition) is 0. The molecule has 6 nitrogen and oxygen atoms in total. The van der Waals surface area contributed by atoms with Gasteiger partial charge in [0.15, 0.2) is 0 Å². The first-order chi connectivity index (χ1) is 8.13. The van der Waals surface area contributed by atoms with Crippen molar-refractivity contribution in [3.8, 4) is 0 Å². The minimum Gasteiger partial charge on any atom is -0.468 e. The summed E-state index contributed by atoms with van der Waals surface area (Å²) in [6.07, 6.45) is 2.30. The number of carbonyl (C=O) groups is 1. The first-order valence-electron chi connectivity index (χ1n) is 5.59. The third-order valence-electron chi connectivity index (χ3n) is 2.16. The summed E-state index contributed by atoms with van der Waals surface area (Å²) in [7, 11) is 1.35. The van der Waals surface area contributed by atoms with E-state index in [4.69, 9.17) is 0 Å². The maximum absolute atomic E-state index is 11.1. The van der Waals surface area contributed by atoms with Crippen molar-refractivity contribution in [3.05, 3.63) is 0 Å². The minimum atomic E-state index is -0.346. The summed E-state index contributed by atoms with van der Waals surface area (Å²) >= 11 is 1.57. The van der Waals surface area contributed by atoms with Crippen molar-refractivity contribution < 1.29 is 9.53 Å². The molecule has 96 valence electrons. The number of carbonyl (C=O) groups excluding carboxylic acids is 1. The Balaban J connectivity index is 2.38. The molecule has 1 aromatic heterocycles. The van der Waals surface area contributed by atoms with Gasteiger partial charge in [0.25, 0.3) is 0 Å². The van der Waals surface area contributed by atoms with E-state index in [1.54, 1.807) is 11.8 Å². The number of esters is 1. The van der Waals surface area contributed by atoms with Crippen LogP contribution in [0.25, 0.3) is 0 Å². The van der Waals surface area contributed by atoms with E-state index in [9.17, 15) is 4.79 Å². The first kappa shape index (κ1) is 14.0. The van der Waals surface area contributed by atoms with Crippen LogP contribution in [0, 0.1) is 5.92 Å². The molecule has 0 radical (unpaired) electrons. The third-order valence-corrected chi connectivity index (χ3v) is 3.21. The van der Waals surface area contributed by atoms with E-state index in [2.05, 4.69) is 34.1 Å². The maximum Gasteiger partial charge on any atom is 0.327 e. The van der Waals surface area contributed by atoms with Crippen molar-refractivity contribution in [2.24, 2.45) is 5.92 Å². The predicted octanol–water partition coefficient (Wildman–Crippen LogP) is 1.37. The maximum atomic E-state index is 11.1. The summed E-state index contributed by atoms with van der Waals surface area (Å²) in [6, 6.07) is 0. The van der Waals surface area contributed by atoms with Crippen molar-refractivity contribution in [1.82, 2.24) is 20.2 Å². The molecule has 0 aliphatic heterocycles. The number of aromatic nitrogens is 4. The van der Waals surface area contributed by atoms with Crippen LogP contribution in [0.5, 0.6) is 0 Å². The van der Waals surface area contributed by atoms with Crippen LogP contribution in [0.2, 0.25) is 0 Å². The highest BCUT2D eigenvalue weighted by molar-refractivity contribution is 7.99. The normalized spacial score (nSPS) is 10.8. The SMILES string of the molecule is COC(=O)Cn1nnnc1SCCCC(C)C. The smallest absolute Gasteiger partial charge is 0.327 e. The number of thioether (sulfide) groups is 1. The largest absolute Gasteiger partial charge is 0.468 e. The van der Waals surface area contributed by atoms with Gasteiger partial charge in [-0.25, -0.2) is 4.68 Å². The molecule has 0 saturated carbocycles. The van der Waals surface area contributed by atoms with Crippen molar-refractivity contribution in [2.45, 2.75) is 38.4 Å². The molecule has 0 fully saturated rings. The monoisotopic (exact) mass is 258 g/mol. The summed E-state index contributed by atoms with van der Waals surface area (Å²) in [5.41, 5.74) is 0. The number of methoxy groups -OCH3 is 1. The van der Waals surface area contributed by atoms with Crippen LogP contribution in [-0.4, -0.2) is 39.0 Å². The van der Waals surface area contributed by atoms with Gasteiger partial charge in [-0.2, -0.15) is 0 Å². The van der Waals surface area contributed by atoms with E-state index in [1.807, 2.05) is 0 Å². The minimum absolute atomic E-state index is 0.0655. The number of tetrazole rings is 1. The highest BCUT2D eigenvalue weighted by Gasteiger charge is 2.10. The Morgan fingerprint density at radius 1 is 1.53 bits per heavy atom. The molecule has 1 heterocycles. The quantitative estimate of drug-likeness (QED) is 0.418. The summed E-state index contributed by atoms with van der Waals surface area (Å²) in [6.45, 7) is 4.47. The fourth-order valence-corrected chi connectivity index (χ4v) is 2.08. The molecule has 0 atom stereocenters. The van der Waals surface area contributed by atoms with Crippen LogP contribution in [0.1, 0.15) is 26.7 Å². The third kappa shape index (κ3) is 5.16. The number of hydrogen-bond acceptors (Lipinski definition) is 6. The van der Waals surface area contributed by atoms with Crippen molar-refractivity contribution >= 4 is 17.7 Å². The van der Waals surface area contributed by atoms with Gasteiger partial charge in [0.1, 0.15) is 6.54 Å². The molecule has 0 aliphatic rings. The molecule has 0 unspecified atom stereocenters. The highest BCUT2D eigenvalue weighted by atomic mass is 32.2. The van der Waals surface area contributed by atoms with Crippen molar-refractivity contribution in [3.63, 3.8) is 0 Å². The van der Waals surface area contributed by atoms with Crippen LogP contribution in [-0.2, 0) is 16.1 Å². The number of rotatable bonds is 7. The Morgan fingerprint density at radius 2 is 2.29 bits per heavy atom. The van der Waals surface area contributed by atoms with Gasteiger partial charge >= 0.3 is 5.97 Å². The van der Waals surface area contributed by atoms with E-state index >= 15 is 0 Å². The fourth-order valence-electron chi connectivity index (χ4n) is 1.24. The Bertz CT molecular complexity index is 354. The molecule has 1 rings (SSSR count). The van der Waals surface area contributed by atoms with Crippen LogP contribution in [0.15, 0.2) is 5.16 Å². The fraction of sp³-hybridized carbons (Fsp3) is 0.800. The van der Waals surface area contributed by atoms with Gasteiger partial charge in [-0.1, -0.05) is 32.0 Å². The Labute approximate surface area is 105 Å². The van der Waals surface area contributed by atoms with E-state index in [0.717, 1.165) is 12.2 Å². The molecule has 7 heteroatoms. The van der Waals surface area contributed by atoms with E-state index in [-0.39, 0.29) is 12.5 Å². The summed E-state index contributed by atoms with van der Waals surface area (Å²) in [5.74, 6) is 1.32. The molecular formula is C10H18N4O2S. The van der Waals surface area contributed by atoms with Gasteiger partial charge in [-0.15, -0.1) is 5.10 Å². The molecule has 17 heavy (non-hydrogen) atoms. The van der Waals surface area contributed by atoms with Gasteiger partial charge in [0, 0.05) is 5.75 Å². The Kier molecular flexibility index (Phi) is 5.96. The molecule has 0 bridgehead atoms. The summed E-state index contributed by atoms with van der Waals surface area (Å²) in [5, 5.41) is 11.9. The van der Waals surface area contributed by atoms with E-state index < -0.39 is 0 Å². The van der Waals surface area contributed by atoms with Crippen molar-refractivity contribution in [2.75, 3.05) is 12.9 Å². The predicted molar refractivity (Wildman–Crippen MR) is 64.6 cm³/mol. The lowest BCUT2D eigenvalue weighted by atomic mass is 10.1. The standard InChI is InChI=1S/C10H18N4O2S/c1-8(2)5-4-6-17-10-11-12-13-14(10)7-9(15)16-3/h8H,4-7H2,1-3H3. The van der Waals surface area contributed by atoms with E-state index in [1.165, 1.54) is 18.2 Å². The molecule has 0 aromatic carbocycles. The van der Waals surface area contributed by atoms with Gasteiger partial charge in [0.2, 0.25) is 5.16 Å². The number of nitrogens with zero attached hydrogens (tertiary/aromatic N) is 4.